The van der Waals surface area contributed by atoms with Crippen LogP contribution in [0.5, 0.6) is 5.75 Å². The molecule has 0 radical (unpaired) electrons. The highest BCUT2D eigenvalue weighted by Crippen LogP contribution is 2.32. The number of hydrogen-bond acceptors (Lipinski definition) is 3. The van der Waals surface area contributed by atoms with Crippen molar-refractivity contribution in [3.63, 3.8) is 0 Å². The first kappa shape index (κ1) is 17.6. The molecule has 0 saturated heterocycles. The molecule has 0 N–H and O–H groups in total. The Hall–Kier alpha value is -2.17. The predicted molar refractivity (Wildman–Crippen MR) is 111 cm³/mol. The van der Waals surface area contributed by atoms with Gasteiger partial charge in [0.2, 0.25) is 8.32 Å². The molecule has 1 heterocycles. The first-order valence-corrected chi connectivity index (χ1v) is 12.7. The zero-order valence-electron chi connectivity index (χ0n) is 15.1. The molecule has 0 saturated carbocycles. The lowest BCUT2D eigenvalue weighted by Crippen LogP contribution is -2.29. The molecule has 128 valence electrons. The van der Waals surface area contributed by atoms with Gasteiger partial charge in [-0.25, -0.2) is 4.99 Å². The van der Waals surface area contributed by atoms with Gasteiger partial charge in [0, 0.05) is 5.56 Å². The molecule has 0 bridgehead atoms. The maximum absolute atomic E-state index is 6.30. The standard InChI is InChI=1S/C21H23NOSSi/c1-16-12-13-18(19(15-16)23-25(2,3)4)22-21(20-11-8-14-24-20)17-9-6-5-7-10-17/h5-15H,1-4H3. The van der Waals surface area contributed by atoms with Crippen molar-refractivity contribution in [2.24, 2.45) is 4.99 Å². The van der Waals surface area contributed by atoms with Crippen LogP contribution in [0.2, 0.25) is 19.6 Å². The van der Waals surface area contributed by atoms with E-state index in [1.54, 1.807) is 11.3 Å². The van der Waals surface area contributed by atoms with Crippen LogP contribution in [0.3, 0.4) is 0 Å². The summed E-state index contributed by atoms with van der Waals surface area (Å²) in [5.74, 6) is 0.879. The topological polar surface area (TPSA) is 21.6 Å². The Morgan fingerprint density at radius 1 is 0.960 bits per heavy atom. The van der Waals surface area contributed by atoms with Crippen molar-refractivity contribution in [3.8, 4) is 5.75 Å². The van der Waals surface area contributed by atoms with Crippen LogP contribution in [-0.4, -0.2) is 14.0 Å². The Labute approximate surface area is 155 Å². The van der Waals surface area contributed by atoms with Gasteiger partial charge in [-0.05, 0) is 55.7 Å². The largest absolute Gasteiger partial charge is 0.543 e. The lowest BCUT2D eigenvalue weighted by molar-refractivity contribution is 0.558. The van der Waals surface area contributed by atoms with Gasteiger partial charge in [0.1, 0.15) is 11.4 Å². The van der Waals surface area contributed by atoms with Crippen LogP contribution >= 0.6 is 11.3 Å². The summed E-state index contributed by atoms with van der Waals surface area (Å²) in [5, 5.41) is 2.09. The van der Waals surface area contributed by atoms with E-state index in [2.05, 4.69) is 74.4 Å². The molecule has 0 aliphatic heterocycles. The average Bonchev–Trinajstić information content (AvgIpc) is 3.08. The lowest BCUT2D eigenvalue weighted by Gasteiger charge is -2.21. The predicted octanol–water partition coefficient (Wildman–Crippen LogP) is 6.44. The number of aryl methyl sites for hydroxylation is 1. The van der Waals surface area contributed by atoms with E-state index >= 15 is 0 Å². The second kappa shape index (κ2) is 7.38. The fourth-order valence-corrected chi connectivity index (χ4v) is 4.08. The second-order valence-corrected chi connectivity index (χ2v) is 12.4. The van der Waals surface area contributed by atoms with Crippen molar-refractivity contribution < 1.29 is 4.43 Å². The normalized spacial score (nSPS) is 12.2. The minimum atomic E-state index is -1.72. The van der Waals surface area contributed by atoms with Crippen LogP contribution in [0.25, 0.3) is 0 Å². The highest BCUT2D eigenvalue weighted by molar-refractivity contribution is 7.12. The number of hydrogen-bond donors (Lipinski definition) is 0. The third-order valence-corrected chi connectivity index (χ3v) is 5.27. The summed E-state index contributed by atoms with van der Waals surface area (Å²) >= 11 is 1.70. The molecule has 0 spiro atoms. The van der Waals surface area contributed by atoms with Crippen molar-refractivity contribution in [3.05, 3.63) is 82.0 Å². The van der Waals surface area contributed by atoms with Crippen LogP contribution in [0.1, 0.15) is 16.0 Å². The van der Waals surface area contributed by atoms with E-state index < -0.39 is 8.32 Å². The Kier molecular flexibility index (Phi) is 5.21. The Morgan fingerprint density at radius 3 is 2.36 bits per heavy atom. The van der Waals surface area contributed by atoms with E-state index in [-0.39, 0.29) is 0 Å². The molecule has 1 aromatic heterocycles. The Balaban J connectivity index is 2.13. The van der Waals surface area contributed by atoms with Gasteiger partial charge in [-0.2, -0.15) is 0 Å². The van der Waals surface area contributed by atoms with Gasteiger partial charge >= 0.3 is 0 Å². The van der Waals surface area contributed by atoms with Crippen molar-refractivity contribution in [2.75, 3.05) is 0 Å². The van der Waals surface area contributed by atoms with E-state index in [0.29, 0.717) is 0 Å². The fourth-order valence-electron chi connectivity index (χ4n) is 2.52. The summed E-state index contributed by atoms with van der Waals surface area (Å²) in [6, 6.07) is 20.7. The van der Waals surface area contributed by atoms with Crippen LogP contribution in [0.15, 0.2) is 71.0 Å². The average molecular weight is 366 g/mol. The zero-order chi connectivity index (χ0) is 17.9. The third-order valence-electron chi connectivity index (χ3n) is 3.57. The highest BCUT2D eigenvalue weighted by atomic mass is 32.1. The van der Waals surface area contributed by atoms with Gasteiger partial charge in [0.25, 0.3) is 0 Å². The molecule has 0 fully saturated rings. The minimum absolute atomic E-state index is 0.879. The fraction of sp³-hybridized carbons (Fsp3) is 0.190. The SMILES string of the molecule is Cc1ccc(N=C(c2ccccc2)c2cccs2)c(O[Si](C)(C)C)c1. The molecule has 0 unspecified atom stereocenters. The van der Waals surface area contributed by atoms with Crippen molar-refractivity contribution in [2.45, 2.75) is 26.6 Å². The molecule has 2 aromatic carbocycles. The molecule has 2 nitrogen and oxygen atoms in total. The monoisotopic (exact) mass is 365 g/mol. The summed E-state index contributed by atoms with van der Waals surface area (Å²) in [7, 11) is -1.72. The number of nitrogens with zero attached hydrogens (tertiary/aromatic N) is 1. The molecule has 0 aliphatic carbocycles. The number of benzene rings is 2. The summed E-state index contributed by atoms with van der Waals surface area (Å²) in [4.78, 5) is 6.18. The minimum Gasteiger partial charge on any atom is -0.543 e. The van der Waals surface area contributed by atoms with E-state index in [4.69, 9.17) is 9.42 Å². The van der Waals surface area contributed by atoms with Gasteiger partial charge in [-0.1, -0.05) is 42.5 Å². The maximum atomic E-state index is 6.30. The molecular formula is C21H23NOSSi. The van der Waals surface area contributed by atoms with E-state index in [1.165, 1.54) is 5.56 Å². The number of aliphatic imine (C=N–C) groups is 1. The van der Waals surface area contributed by atoms with Crippen LogP contribution in [0.4, 0.5) is 5.69 Å². The summed E-state index contributed by atoms with van der Waals surface area (Å²) in [5.41, 5.74) is 4.18. The first-order chi connectivity index (χ1) is 11.9. The van der Waals surface area contributed by atoms with E-state index in [9.17, 15) is 0 Å². The summed E-state index contributed by atoms with van der Waals surface area (Å²) < 4.78 is 6.30. The molecule has 0 amide bonds. The number of rotatable bonds is 5. The smallest absolute Gasteiger partial charge is 0.242 e. The van der Waals surface area contributed by atoms with Gasteiger partial charge in [-0.15, -0.1) is 11.3 Å². The quantitative estimate of drug-likeness (QED) is 0.376. The van der Waals surface area contributed by atoms with Gasteiger partial charge in [0.15, 0.2) is 0 Å². The molecular weight excluding hydrogens is 342 g/mol. The van der Waals surface area contributed by atoms with Gasteiger partial charge in [0.05, 0.1) is 10.6 Å². The molecule has 4 heteroatoms. The van der Waals surface area contributed by atoms with E-state index in [0.717, 1.165) is 27.6 Å². The Bertz CT molecular complexity index is 865. The summed E-state index contributed by atoms with van der Waals surface area (Å²) in [6.45, 7) is 8.67. The third kappa shape index (κ3) is 4.68. The summed E-state index contributed by atoms with van der Waals surface area (Å²) in [6.07, 6.45) is 0. The maximum Gasteiger partial charge on any atom is 0.242 e. The van der Waals surface area contributed by atoms with Gasteiger partial charge in [-0.3, -0.25) is 0 Å². The highest BCUT2D eigenvalue weighted by Gasteiger charge is 2.19. The second-order valence-electron chi connectivity index (χ2n) is 6.99. The molecule has 0 atom stereocenters. The molecule has 25 heavy (non-hydrogen) atoms. The zero-order valence-corrected chi connectivity index (χ0v) is 16.9. The number of thiophene rings is 1. The van der Waals surface area contributed by atoms with E-state index in [1.807, 2.05) is 18.2 Å². The van der Waals surface area contributed by atoms with Crippen molar-refractivity contribution >= 4 is 31.1 Å². The van der Waals surface area contributed by atoms with Crippen LogP contribution < -0.4 is 4.43 Å². The molecule has 0 aliphatic rings. The molecule has 3 rings (SSSR count). The van der Waals surface area contributed by atoms with Crippen molar-refractivity contribution in [1.82, 2.24) is 0 Å². The van der Waals surface area contributed by atoms with Crippen LogP contribution in [-0.2, 0) is 0 Å². The van der Waals surface area contributed by atoms with Crippen molar-refractivity contribution in [1.29, 1.82) is 0 Å². The molecule has 3 aromatic rings. The van der Waals surface area contributed by atoms with Gasteiger partial charge < -0.3 is 4.43 Å². The Morgan fingerprint density at radius 2 is 1.72 bits per heavy atom. The lowest BCUT2D eigenvalue weighted by atomic mass is 10.1. The van der Waals surface area contributed by atoms with Crippen LogP contribution in [0, 0.1) is 6.92 Å². The first-order valence-electron chi connectivity index (χ1n) is 8.40.